The van der Waals surface area contributed by atoms with Crippen LogP contribution in [0.4, 0.5) is 0 Å². The van der Waals surface area contributed by atoms with Crippen molar-refractivity contribution in [3.05, 3.63) is 0 Å². The van der Waals surface area contributed by atoms with Crippen molar-refractivity contribution in [2.24, 2.45) is 4.99 Å². The molecule has 0 N–H and O–H groups in total. The van der Waals surface area contributed by atoms with Gasteiger partial charge in [0.2, 0.25) is 0 Å². The van der Waals surface area contributed by atoms with E-state index < -0.39 is 5.60 Å². The van der Waals surface area contributed by atoms with Crippen LogP contribution in [0.1, 0.15) is 34.1 Å². The number of rotatable bonds is 3. The average Bonchev–Trinajstić information content (AvgIpc) is 1.84. The number of nitrogens with zero attached hydrogens (tertiary/aromatic N) is 1. The molecule has 0 spiro atoms. The summed E-state index contributed by atoms with van der Waals surface area (Å²) in [5.41, 5.74) is -0.404. The highest BCUT2D eigenvalue weighted by atomic mass is 16.6. The van der Waals surface area contributed by atoms with E-state index >= 15 is 0 Å². The van der Waals surface area contributed by atoms with Crippen LogP contribution in [-0.4, -0.2) is 24.3 Å². The summed E-state index contributed by atoms with van der Waals surface area (Å²) in [5.74, 6) is -0.271. The molecule has 0 saturated carbocycles. The number of carbonyl (C=O) groups excluding carboxylic acids is 1. The van der Waals surface area contributed by atoms with E-state index in [4.69, 9.17) is 4.74 Å². The van der Waals surface area contributed by atoms with E-state index in [-0.39, 0.29) is 12.5 Å². The maximum absolute atomic E-state index is 11.0. The van der Waals surface area contributed by atoms with E-state index in [1.54, 1.807) is 6.21 Å². The van der Waals surface area contributed by atoms with Crippen LogP contribution in [0.5, 0.6) is 0 Å². The van der Waals surface area contributed by atoms with Gasteiger partial charge >= 0.3 is 5.97 Å². The van der Waals surface area contributed by atoms with E-state index in [1.165, 1.54) is 0 Å². The number of carbonyl (C=O) groups is 1. The van der Waals surface area contributed by atoms with Crippen LogP contribution in [-0.2, 0) is 9.53 Å². The van der Waals surface area contributed by atoms with Crippen molar-refractivity contribution in [2.75, 3.05) is 6.54 Å². The molecule has 0 aliphatic carbocycles. The van der Waals surface area contributed by atoms with Crippen molar-refractivity contribution in [3.63, 3.8) is 0 Å². The molecule has 70 valence electrons. The van der Waals surface area contributed by atoms with E-state index in [0.717, 1.165) is 6.42 Å². The van der Waals surface area contributed by atoms with Crippen molar-refractivity contribution in [1.29, 1.82) is 0 Å². The number of hydrogen-bond acceptors (Lipinski definition) is 3. The smallest absolute Gasteiger partial charge is 0.328 e. The Morgan fingerprint density at radius 2 is 2.08 bits per heavy atom. The molecule has 0 atom stereocenters. The molecule has 0 aliphatic rings. The molecule has 0 radical (unpaired) electrons. The zero-order valence-electron chi connectivity index (χ0n) is 8.26. The number of esters is 1. The van der Waals surface area contributed by atoms with Crippen LogP contribution in [0.15, 0.2) is 4.99 Å². The summed E-state index contributed by atoms with van der Waals surface area (Å²) < 4.78 is 5.03. The van der Waals surface area contributed by atoms with Gasteiger partial charge in [0.25, 0.3) is 0 Å². The van der Waals surface area contributed by atoms with Gasteiger partial charge in [-0.25, -0.2) is 0 Å². The van der Waals surface area contributed by atoms with Crippen LogP contribution >= 0.6 is 0 Å². The number of hydrogen-bond donors (Lipinski definition) is 0. The predicted octanol–water partition coefficient (Wildman–Crippen LogP) is 1.81. The second kappa shape index (κ2) is 4.91. The Hall–Kier alpha value is -0.860. The maximum Gasteiger partial charge on any atom is 0.328 e. The monoisotopic (exact) mass is 171 g/mol. The second-order valence-electron chi connectivity index (χ2n) is 3.52. The van der Waals surface area contributed by atoms with E-state index in [0.29, 0.717) is 0 Å². The summed E-state index contributed by atoms with van der Waals surface area (Å²) >= 11 is 0. The van der Waals surface area contributed by atoms with Crippen LogP contribution in [0, 0.1) is 0 Å². The molecule has 0 fully saturated rings. The van der Waals surface area contributed by atoms with Crippen molar-refractivity contribution in [2.45, 2.75) is 39.7 Å². The molecular weight excluding hydrogens is 154 g/mol. The molecule has 0 aromatic carbocycles. The lowest BCUT2D eigenvalue weighted by atomic mass is 10.2. The first-order valence-electron chi connectivity index (χ1n) is 4.16. The van der Waals surface area contributed by atoms with E-state index in [9.17, 15) is 4.79 Å². The topological polar surface area (TPSA) is 38.7 Å². The van der Waals surface area contributed by atoms with Crippen molar-refractivity contribution in [1.82, 2.24) is 0 Å². The van der Waals surface area contributed by atoms with Gasteiger partial charge in [-0.3, -0.25) is 9.79 Å². The van der Waals surface area contributed by atoms with Crippen molar-refractivity contribution >= 4 is 12.2 Å². The summed E-state index contributed by atoms with van der Waals surface area (Å²) in [5, 5.41) is 0. The highest BCUT2D eigenvalue weighted by Crippen LogP contribution is 2.06. The normalized spacial score (nSPS) is 12.0. The molecule has 3 nitrogen and oxygen atoms in total. The molecule has 0 rings (SSSR count). The zero-order valence-corrected chi connectivity index (χ0v) is 8.26. The third kappa shape index (κ3) is 7.25. The summed E-state index contributed by atoms with van der Waals surface area (Å²) in [6.45, 7) is 7.63. The molecule has 0 heterocycles. The van der Waals surface area contributed by atoms with Crippen molar-refractivity contribution < 1.29 is 9.53 Å². The Labute approximate surface area is 73.8 Å². The van der Waals surface area contributed by atoms with Gasteiger partial charge in [0.15, 0.2) is 0 Å². The highest BCUT2D eigenvalue weighted by molar-refractivity contribution is 5.74. The fourth-order valence-electron chi connectivity index (χ4n) is 0.642. The van der Waals surface area contributed by atoms with Gasteiger partial charge in [0, 0.05) is 0 Å². The quantitative estimate of drug-likeness (QED) is 0.480. The van der Waals surface area contributed by atoms with Gasteiger partial charge in [0.05, 0.1) is 0 Å². The molecule has 0 aromatic heterocycles. The molecular formula is C9H17NO2. The summed E-state index contributed by atoms with van der Waals surface area (Å²) in [7, 11) is 0. The third-order valence-corrected chi connectivity index (χ3v) is 0.952. The average molecular weight is 171 g/mol. The van der Waals surface area contributed by atoms with Crippen LogP contribution in [0.2, 0.25) is 0 Å². The lowest BCUT2D eigenvalue weighted by Crippen LogP contribution is -2.25. The first-order chi connectivity index (χ1) is 5.45. The highest BCUT2D eigenvalue weighted by Gasteiger charge is 2.14. The Bertz CT molecular complexity index is 168. The Morgan fingerprint density at radius 3 is 2.50 bits per heavy atom. The van der Waals surface area contributed by atoms with E-state index in [2.05, 4.69) is 4.99 Å². The third-order valence-electron chi connectivity index (χ3n) is 0.952. The summed E-state index contributed by atoms with van der Waals surface area (Å²) in [4.78, 5) is 14.9. The standard InChI is InChI=1S/C9H17NO2/c1-5-6-10-7-8(11)12-9(2,3)4/h6H,5,7H2,1-4H3. The Kier molecular flexibility index (Phi) is 4.55. The van der Waals surface area contributed by atoms with Gasteiger partial charge in [-0.05, 0) is 33.4 Å². The Morgan fingerprint density at radius 1 is 1.50 bits per heavy atom. The molecule has 0 saturated heterocycles. The molecule has 0 unspecified atom stereocenters. The number of aliphatic imine (C=N–C) groups is 1. The molecule has 0 aliphatic heterocycles. The zero-order chi connectivity index (χ0) is 9.61. The van der Waals surface area contributed by atoms with Crippen LogP contribution < -0.4 is 0 Å². The fraction of sp³-hybridized carbons (Fsp3) is 0.778. The molecule has 12 heavy (non-hydrogen) atoms. The minimum Gasteiger partial charge on any atom is -0.459 e. The van der Waals surface area contributed by atoms with E-state index in [1.807, 2.05) is 27.7 Å². The second-order valence-corrected chi connectivity index (χ2v) is 3.52. The number of ether oxygens (including phenoxy) is 1. The fourth-order valence-corrected chi connectivity index (χ4v) is 0.642. The van der Waals surface area contributed by atoms with Gasteiger partial charge < -0.3 is 4.74 Å². The summed E-state index contributed by atoms with van der Waals surface area (Å²) in [6.07, 6.45) is 2.56. The van der Waals surface area contributed by atoms with Crippen LogP contribution in [0.3, 0.4) is 0 Å². The van der Waals surface area contributed by atoms with Gasteiger partial charge in [-0.2, -0.15) is 0 Å². The molecule has 3 heteroatoms. The largest absolute Gasteiger partial charge is 0.459 e. The molecule has 0 amide bonds. The summed E-state index contributed by atoms with van der Waals surface area (Å²) in [6, 6.07) is 0. The van der Waals surface area contributed by atoms with Crippen molar-refractivity contribution in [3.8, 4) is 0 Å². The molecule has 0 aromatic rings. The first kappa shape index (κ1) is 11.1. The SMILES string of the molecule is CCC=NCC(=O)OC(C)(C)C. The van der Waals surface area contributed by atoms with Gasteiger partial charge in [-0.15, -0.1) is 0 Å². The maximum atomic E-state index is 11.0. The van der Waals surface area contributed by atoms with Gasteiger partial charge in [0.1, 0.15) is 12.1 Å². The lowest BCUT2D eigenvalue weighted by molar-refractivity contribution is -0.152. The molecule has 0 bridgehead atoms. The Balaban J connectivity index is 3.68. The lowest BCUT2D eigenvalue weighted by Gasteiger charge is -2.18. The minimum absolute atomic E-state index is 0.130. The first-order valence-corrected chi connectivity index (χ1v) is 4.16. The van der Waals surface area contributed by atoms with Crippen LogP contribution in [0.25, 0.3) is 0 Å². The predicted molar refractivity (Wildman–Crippen MR) is 49.5 cm³/mol. The van der Waals surface area contributed by atoms with Gasteiger partial charge in [-0.1, -0.05) is 6.92 Å². The minimum atomic E-state index is -0.404.